The summed E-state index contributed by atoms with van der Waals surface area (Å²) in [6.45, 7) is 5.46. The molecule has 192 valence electrons. The minimum Gasteiger partial charge on any atom is -0.493 e. The average molecular weight is 588 g/mol. The van der Waals surface area contributed by atoms with Gasteiger partial charge in [-0.25, -0.2) is 0 Å². The number of carbonyl (C=O) groups excluding carboxylic acids is 3. The lowest BCUT2D eigenvalue weighted by molar-refractivity contribution is -0.140. The van der Waals surface area contributed by atoms with Crippen molar-refractivity contribution < 1.29 is 28.6 Å². The van der Waals surface area contributed by atoms with Gasteiger partial charge < -0.3 is 19.1 Å². The number of amides is 2. The molecule has 1 saturated heterocycles. The molecule has 8 nitrogen and oxygen atoms in total. The first-order valence-corrected chi connectivity index (χ1v) is 13.4. The van der Waals surface area contributed by atoms with Gasteiger partial charge in [0.25, 0.3) is 11.8 Å². The monoisotopic (exact) mass is 586 g/mol. The van der Waals surface area contributed by atoms with Crippen LogP contribution in [0.3, 0.4) is 0 Å². The molecule has 2 rings (SSSR count). The number of benzene rings is 1. The molecule has 0 aromatic heterocycles. The van der Waals surface area contributed by atoms with Crippen molar-refractivity contribution in [3.63, 3.8) is 0 Å². The maximum absolute atomic E-state index is 12.9. The Kier molecular flexibility index (Phi) is 12.0. The molecule has 1 aliphatic heterocycles. The first-order valence-electron chi connectivity index (χ1n) is 11.4. The summed E-state index contributed by atoms with van der Waals surface area (Å²) in [5.74, 6) is 0.381. The van der Waals surface area contributed by atoms with Crippen LogP contribution in [-0.2, 0) is 19.1 Å². The normalized spacial score (nSPS) is 14.4. The lowest BCUT2D eigenvalue weighted by Gasteiger charge is -2.20. The van der Waals surface area contributed by atoms with Gasteiger partial charge in [0.2, 0.25) is 0 Å². The van der Waals surface area contributed by atoms with Crippen molar-refractivity contribution in [2.75, 3.05) is 40.5 Å². The Morgan fingerprint density at radius 1 is 1.17 bits per heavy atom. The summed E-state index contributed by atoms with van der Waals surface area (Å²) in [4.78, 5) is 40.2. The Bertz CT molecular complexity index is 981. The molecule has 11 heteroatoms. The molecule has 1 aromatic carbocycles. The first-order chi connectivity index (χ1) is 16.7. The number of esters is 1. The van der Waals surface area contributed by atoms with Crippen LogP contribution in [0.4, 0.5) is 0 Å². The second-order valence-electron chi connectivity index (χ2n) is 7.61. The summed E-state index contributed by atoms with van der Waals surface area (Å²) in [5.41, 5.74) is 0.731. The number of likely N-dealkylation sites (N-methyl/N-ethyl adjacent to an activating group) is 1. The molecule has 0 N–H and O–H groups in total. The summed E-state index contributed by atoms with van der Waals surface area (Å²) in [6, 6.07) is 3.56. The van der Waals surface area contributed by atoms with E-state index in [-0.39, 0.29) is 24.4 Å². The number of rotatable bonds is 13. The lowest BCUT2D eigenvalue weighted by Crippen LogP contribution is -2.34. The number of unbranched alkanes of at least 4 members (excludes halogenated alkanes) is 2. The minimum absolute atomic E-state index is 0.103. The summed E-state index contributed by atoms with van der Waals surface area (Å²) >= 11 is 10.2. The van der Waals surface area contributed by atoms with Crippen LogP contribution in [0.25, 0.3) is 6.08 Å². The van der Waals surface area contributed by atoms with E-state index in [9.17, 15) is 14.4 Å². The second kappa shape index (κ2) is 14.4. The summed E-state index contributed by atoms with van der Waals surface area (Å²) in [5, 5.41) is 0. The van der Waals surface area contributed by atoms with Crippen LogP contribution >= 0.6 is 39.9 Å². The van der Waals surface area contributed by atoms with Crippen LogP contribution < -0.4 is 9.47 Å². The van der Waals surface area contributed by atoms with Crippen molar-refractivity contribution in [1.29, 1.82) is 0 Å². The molecular formula is C24H31BrN2O6S2. The van der Waals surface area contributed by atoms with E-state index in [0.29, 0.717) is 57.7 Å². The third kappa shape index (κ3) is 8.22. The number of hydrogen-bond donors (Lipinski definition) is 0. The van der Waals surface area contributed by atoms with Gasteiger partial charge in [-0.3, -0.25) is 19.3 Å². The van der Waals surface area contributed by atoms with E-state index in [1.807, 2.05) is 13.8 Å². The third-order valence-electron chi connectivity index (χ3n) is 5.37. The van der Waals surface area contributed by atoms with E-state index < -0.39 is 0 Å². The van der Waals surface area contributed by atoms with Gasteiger partial charge in [-0.05, 0) is 66.4 Å². The molecule has 1 heterocycles. The van der Waals surface area contributed by atoms with Gasteiger partial charge in [0, 0.05) is 26.1 Å². The highest BCUT2D eigenvalue weighted by molar-refractivity contribution is 9.10. The summed E-state index contributed by atoms with van der Waals surface area (Å²) in [6.07, 6.45) is 4.38. The largest absolute Gasteiger partial charge is 0.493 e. The van der Waals surface area contributed by atoms with E-state index in [2.05, 4.69) is 20.7 Å². The number of carbonyl (C=O) groups is 3. The number of thiocarbonyl (C=S) groups is 1. The SMILES string of the molecule is CCN(CC)C(=O)COc1c(Br)cc(/C=C2/SC(=S)N(CCCCCC(=O)OC)C2=O)cc1OC. The maximum Gasteiger partial charge on any atom is 0.305 e. The molecule has 1 aliphatic rings. The first kappa shape index (κ1) is 29.1. The highest BCUT2D eigenvalue weighted by atomic mass is 79.9. The number of methoxy groups -OCH3 is 2. The Labute approximate surface area is 224 Å². The van der Waals surface area contributed by atoms with Crippen molar-refractivity contribution in [2.45, 2.75) is 39.5 Å². The van der Waals surface area contributed by atoms with Crippen LogP contribution in [0.1, 0.15) is 45.1 Å². The number of ether oxygens (including phenoxy) is 3. The predicted octanol–water partition coefficient (Wildman–Crippen LogP) is 4.64. The van der Waals surface area contributed by atoms with Crippen LogP contribution in [0.2, 0.25) is 0 Å². The highest BCUT2D eigenvalue weighted by Crippen LogP contribution is 2.39. The van der Waals surface area contributed by atoms with Crippen molar-refractivity contribution >= 4 is 68.1 Å². The molecule has 1 aromatic rings. The number of halogens is 1. The molecule has 0 atom stereocenters. The van der Waals surface area contributed by atoms with E-state index in [4.69, 9.17) is 21.7 Å². The number of nitrogens with zero attached hydrogens (tertiary/aromatic N) is 2. The molecule has 0 unspecified atom stereocenters. The van der Waals surface area contributed by atoms with E-state index in [1.54, 1.807) is 28.0 Å². The molecule has 0 bridgehead atoms. The maximum atomic E-state index is 12.9. The minimum atomic E-state index is -0.230. The van der Waals surface area contributed by atoms with Gasteiger partial charge in [0.15, 0.2) is 18.1 Å². The molecule has 35 heavy (non-hydrogen) atoms. The summed E-state index contributed by atoms with van der Waals surface area (Å²) in [7, 11) is 2.89. The standard InChI is InChI=1S/C24H31BrN2O6S2/c1-5-26(6-2)20(28)15-33-22-17(25)12-16(13-18(22)31-3)14-19-23(30)27(24(34)35-19)11-9-7-8-10-21(29)32-4/h12-14H,5-11,15H2,1-4H3/b19-14+. The Balaban J connectivity index is 2.06. The van der Waals surface area contributed by atoms with Crippen LogP contribution in [-0.4, -0.2) is 72.4 Å². The number of thioether (sulfide) groups is 1. The van der Waals surface area contributed by atoms with E-state index >= 15 is 0 Å². The van der Waals surface area contributed by atoms with Gasteiger partial charge in [-0.2, -0.15) is 0 Å². The molecule has 0 spiro atoms. The van der Waals surface area contributed by atoms with Crippen molar-refractivity contribution in [3.05, 3.63) is 27.1 Å². The van der Waals surface area contributed by atoms with Crippen molar-refractivity contribution in [3.8, 4) is 11.5 Å². The van der Waals surface area contributed by atoms with Crippen LogP contribution in [0, 0.1) is 0 Å². The zero-order valence-electron chi connectivity index (χ0n) is 20.4. The fourth-order valence-corrected chi connectivity index (χ4v) is 5.31. The molecular weight excluding hydrogens is 556 g/mol. The van der Waals surface area contributed by atoms with Crippen LogP contribution in [0.15, 0.2) is 21.5 Å². The van der Waals surface area contributed by atoms with E-state index in [1.165, 1.54) is 26.0 Å². The van der Waals surface area contributed by atoms with Gasteiger partial charge in [-0.15, -0.1) is 0 Å². The molecule has 0 saturated carbocycles. The Morgan fingerprint density at radius 3 is 2.51 bits per heavy atom. The fourth-order valence-electron chi connectivity index (χ4n) is 3.43. The molecule has 1 fully saturated rings. The predicted molar refractivity (Wildman–Crippen MR) is 144 cm³/mol. The number of hydrogen-bond acceptors (Lipinski definition) is 8. The highest BCUT2D eigenvalue weighted by Gasteiger charge is 2.31. The molecule has 0 radical (unpaired) electrons. The zero-order valence-corrected chi connectivity index (χ0v) is 23.6. The van der Waals surface area contributed by atoms with Gasteiger partial charge >= 0.3 is 5.97 Å². The van der Waals surface area contributed by atoms with Crippen LogP contribution in [0.5, 0.6) is 11.5 Å². The van der Waals surface area contributed by atoms with Gasteiger partial charge in [0.1, 0.15) is 4.32 Å². The smallest absolute Gasteiger partial charge is 0.305 e. The fraction of sp³-hybridized carbons (Fsp3) is 0.500. The van der Waals surface area contributed by atoms with Crippen molar-refractivity contribution in [2.24, 2.45) is 0 Å². The third-order valence-corrected chi connectivity index (χ3v) is 7.34. The second-order valence-corrected chi connectivity index (χ2v) is 10.1. The Hall–Kier alpha value is -2.11. The van der Waals surface area contributed by atoms with Gasteiger partial charge in [-0.1, -0.05) is 30.4 Å². The summed E-state index contributed by atoms with van der Waals surface area (Å²) < 4.78 is 17.0. The Morgan fingerprint density at radius 2 is 1.89 bits per heavy atom. The van der Waals surface area contributed by atoms with Gasteiger partial charge in [0.05, 0.1) is 23.6 Å². The lowest BCUT2D eigenvalue weighted by atomic mass is 10.1. The van der Waals surface area contributed by atoms with Crippen molar-refractivity contribution in [1.82, 2.24) is 9.80 Å². The topological polar surface area (TPSA) is 85.4 Å². The van der Waals surface area contributed by atoms with E-state index in [0.717, 1.165) is 18.4 Å². The molecule has 0 aliphatic carbocycles. The zero-order chi connectivity index (χ0) is 26.0. The molecule has 2 amide bonds. The quantitative estimate of drug-likeness (QED) is 0.143. The average Bonchev–Trinajstić information content (AvgIpc) is 3.10.